The molecule has 0 rings (SSSR count). The molecule has 4 heavy (non-hydrogen) atoms. The summed E-state index contributed by atoms with van der Waals surface area (Å²) < 4.78 is 0. The van der Waals surface area contributed by atoms with Gasteiger partial charge < -0.3 is 0 Å². The van der Waals surface area contributed by atoms with E-state index in [2.05, 4.69) is 28.4 Å². The average Bonchev–Trinajstić information content (AvgIpc) is 1.00. The molecule has 0 aliphatic heterocycles. The maximum absolute atomic E-state index is 2.56. The van der Waals surface area contributed by atoms with Crippen LogP contribution in [-0.2, 0) is 17.1 Å². The van der Waals surface area contributed by atoms with E-state index in [0.717, 1.165) is 0 Å². The first-order valence-corrected chi connectivity index (χ1v) is 4.93. The first-order valence-electron chi connectivity index (χ1n) is 0.183. The van der Waals surface area contributed by atoms with Crippen molar-refractivity contribution in [2.75, 3.05) is 0 Å². The van der Waals surface area contributed by atoms with Gasteiger partial charge in [0.05, 0.1) is 0 Å². The van der Waals surface area contributed by atoms with Gasteiger partial charge in [-0.2, -0.15) is 0 Å². The molecule has 0 aromatic heterocycles. The standard InChI is InChI=1S/Cu.Sb.HSe2.2H/c;;1-2;;/h;;1H;;. The Morgan fingerprint density at radius 2 is 1.25 bits per heavy atom. The van der Waals surface area contributed by atoms with E-state index in [4.69, 9.17) is 0 Å². The third-order valence-electron chi connectivity index (χ3n) is 0. The van der Waals surface area contributed by atoms with E-state index in [-0.39, 0.29) is 41.5 Å². The van der Waals surface area contributed by atoms with Gasteiger partial charge in [0.25, 0.3) is 0 Å². The van der Waals surface area contributed by atoms with Crippen LogP contribution < -0.4 is 0 Å². The molecule has 0 unspecified atom stereocenters. The van der Waals surface area contributed by atoms with Gasteiger partial charge in [0.2, 0.25) is 0 Å². The molecule has 31 valence electrons. The molecule has 0 aliphatic rings. The second-order valence-corrected chi connectivity index (χ2v) is 0. The zero-order valence-corrected chi connectivity index (χ0v) is 9.56. The molecule has 0 aromatic rings. The average molecular weight is 346 g/mol. The Morgan fingerprint density at radius 1 is 1.25 bits per heavy atom. The van der Waals surface area contributed by atoms with Gasteiger partial charge in [-0.15, -0.1) is 0 Å². The molecule has 0 saturated heterocycles. The Hall–Kier alpha value is 2.38. The minimum atomic E-state index is 0. The van der Waals surface area contributed by atoms with Crippen molar-refractivity contribution in [2.24, 2.45) is 0 Å². The quantitative estimate of drug-likeness (QED) is 0.448. The molecule has 0 amide bonds. The van der Waals surface area contributed by atoms with E-state index in [1.165, 1.54) is 0 Å². The summed E-state index contributed by atoms with van der Waals surface area (Å²) in [6, 6.07) is 0. The van der Waals surface area contributed by atoms with Gasteiger partial charge >= 0.3 is 52.8 Å². The topological polar surface area (TPSA) is 0 Å². The molecular weight excluding hydrogens is 343 g/mol. The summed E-state index contributed by atoms with van der Waals surface area (Å²) in [7, 11) is 0. The van der Waals surface area contributed by atoms with Crippen LogP contribution in [0.1, 0.15) is 0 Å². The summed E-state index contributed by atoms with van der Waals surface area (Å²) in [5, 5.41) is 0. The Kier molecular flexibility index (Phi) is 73.7. The number of rotatable bonds is 0. The van der Waals surface area contributed by atoms with Crippen molar-refractivity contribution in [3.05, 3.63) is 0 Å². The Balaban J connectivity index is -0.00000000500. The Morgan fingerprint density at radius 3 is 1.25 bits per heavy atom. The maximum atomic E-state index is 2.56. The molecule has 0 spiro atoms. The van der Waals surface area contributed by atoms with Crippen LogP contribution in [0.2, 0.25) is 0 Å². The first kappa shape index (κ1) is 16.2. The third-order valence-corrected chi connectivity index (χ3v) is 0. The molecule has 0 saturated carbocycles. The van der Waals surface area contributed by atoms with E-state index in [9.17, 15) is 0 Å². The summed E-state index contributed by atoms with van der Waals surface area (Å²) >= 11 is 4.75. The molecule has 0 aliphatic carbocycles. The second kappa shape index (κ2) is 18.2. The van der Waals surface area contributed by atoms with Gasteiger partial charge in [-0.05, 0) is 0 Å². The predicted molar refractivity (Wildman–Crippen MR) is 21.4 cm³/mol. The van der Waals surface area contributed by atoms with Crippen molar-refractivity contribution in [3.63, 3.8) is 0 Å². The molecule has 0 aromatic carbocycles. The Bertz CT molecular complexity index is 6.00. The van der Waals surface area contributed by atoms with Crippen LogP contribution in [0, 0.1) is 0 Å². The molecule has 0 fully saturated rings. The Labute approximate surface area is 69.0 Å². The van der Waals surface area contributed by atoms with Crippen LogP contribution in [-0.4, -0.2) is 52.8 Å². The molecule has 0 bridgehead atoms. The summed E-state index contributed by atoms with van der Waals surface area (Å²) in [4.78, 5) is 0. The van der Waals surface area contributed by atoms with Crippen LogP contribution in [0.4, 0.5) is 0 Å². The van der Waals surface area contributed by atoms with Crippen LogP contribution in [0.15, 0.2) is 0 Å². The fourth-order valence-electron chi connectivity index (χ4n) is 0. The molecular formula is H3CuSbSe2. The van der Waals surface area contributed by atoms with Gasteiger partial charge in [0, 0.05) is 17.1 Å². The van der Waals surface area contributed by atoms with E-state index in [0.29, 0.717) is 0 Å². The van der Waals surface area contributed by atoms with E-state index >= 15 is 0 Å². The van der Waals surface area contributed by atoms with E-state index in [1.54, 1.807) is 0 Å². The molecule has 0 atom stereocenters. The molecule has 0 nitrogen and oxygen atoms in total. The van der Waals surface area contributed by atoms with Gasteiger partial charge in [0.1, 0.15) is 0 Å². The summed E-state index contributed by atoms with van der Waals surface area (Å²) in [6.45, 7) is 0. The van der Waals surface area contributed by atoms with Gasteiger partial charge in [-0.25, -0.2) is 0 Å². The van der Waals surface area contributed by atoms with Crippen molar-refractivity contribution < 1.29 is 17.1 Å². The summed E-state index contributed by atoms with van der Waals surface area (Å²) in [5.41, 5.74) is 0. The van der Waals surface area contributed by atoms with Crippen molar-refractivity contribution in [1.82, 2.24) is 0 Å². The van der Waals surface area contributed by atoms with Crippen LogP contribution >= 0.6 is 0 Å². The number of hydrogen-bond acceptors (Lipinski definition) is 0. The SMILES string of the molecule is [Cu].[SbH2].[Se][SeH]. The van der Waals surface area contributed by atoms with Gasteiger partial charge in [-0.1, -0.05) is 0 Å². The van der Waals surface area contributed by atoms with E-state index < -0.39 is 0 Å². The van der Waals surface area contributed by atoms with Crippen molar-refractivity contribution in [3.8, 4) is 0 Å². The van der Waals surface area contributed by atoms with Crippen molar-refractivity contribution in [2.45, 2.75) is 0 Å². The molecule has 4 heteroatoms. The summed E-state index contributed by atoms with van der Waals surface area (Å²) in [5.74, 6) is 0. The molecule has 0 heterocycles. The zero-order chi connectivity index (χ0) is 2.00. The molecule has 0 N–H and O–H groups in total. The van der Waals surface area contributed by atoms with E-state index in [1.807, 2.05) is 0 Å². The zero-order valence-electron chi connectivity index (χ0n) is 1.73. The fraction of sp³-hybridized carbons (Fsp3) is 0. The summed E-state index contributed by atoms with van der Waals surface area (Å²) in [6.07, 6.45) is 0. The normalized spacial score (nSPS) is 1.50. The monoisotopic (exact) mass is 347 g/mol. The van der Waals surface area contributed by atoms with Gasteiger partial charge in [0.15, 0.2) is 0 Å². The van der Waals surface area contributed by atoms with Crippen LogP contribution in [0.3, 0.4) is 0 Å². The molecule has 3 radical (unpaired) electrons. The van der Waals surface area contributed by atoms with Crippen molar-refractivity contribution in [1.29, 1.82) is 0 Å². The van der Waals surface area contributed by atoms with Crippen molar-refractivity contribution >= 4 is 52.8 Å². The van der Waals surface area contributed by atoms with Crippen LogP contribution in [0.25, 0.3) is 0 Å². The third kappa shape index (κ3) is 8.83. The van der Waals surface area contributed by atoms with Crippen LogP contribution in [0.5, 0.6) is 0 Å². The second-order valence-electron chi connectivity index (χ2n) is 0. The predicted octanol–water partition coefficient (Wildman–Crippen LogP) is -1.95. The first-order chi connectivity index (χ1) is 1.00. The fourth-order valence-corrected chi connectivity index (χ4v) is 0. The number of hydrogen-bond donors (Lipinski definition) is 0. The minimum absolute atomic E-state index is 0. The van der Waals surface area contributed by atoms with Gasteiger partial charge in [-0.3, -0.25) is 0 Å².